The topological polar surface area (TPSA) is 65.6 Å². The molecule has 0 bridgehead atoms. The molecule has 0 unspecified atom stereocenters. The van der Waals surface area contributed by atoms with Crippen LogP contribution in [0.4, 0.5) is 4.79 Å². The number of H-pyrrole nitrogens is 1. The lowest BCUT2D eigenvalue weighted by molar-refractivity contribution is -0.132. The van der Waals surface area contributed by atoms with E-state index in [0.29, 0.717) is 31.3 Å². The Morgan fingerprint density at radius 2 is 2.22 bits per heavy atom. The maximum Gasteiger partial charge on any atom is 0.410 e. The number of rotatable bonds is 2. The lowest BCUT2D eigenvalue weighted by Gasteiger charge is -2.28. The number of benzene rings is 1. The summed E-state index contributed by atoms with van der Waals surface area (Å²) in [7, 11) is 0. The number of hydrogen-bond acceptors (Lipinski definition) is 3. The molecular weight excluding hydrogens is 318 g/mol. The minimum absolute atomic E-state index is 0.0501. The van der Waals surface area contributed by atoms with Gasteiger partial charge < -0.3 is 14.6 Å². The van der Waals surface area contributed by atoms with E-state index in [2.05, 4.69) is 4.98 Å². The van der Waals surface area contributed by atoms with Crippen molar-refractivity contribution in [3.63, 3.8) is 0 Å². The van der Waals surface area contributed by atoms with Crippen molar-refractivity contribution in [2.45, 2.75) is 13.0 Å². The first kappa shape index (κ1) is 14.4. The molecule has 2 aromatic rings. The number of nitrogens with zero attached hydrogens (tertiary/aromatic N) is 2. The number of carbonyl (C=O) groups is 2. The third-order valence-electron chi connectivity index (χ3n) is 4.48. The molecule has 0 spiro atoms. The van der Waals surface area contributed by atoms with Crippen LogP contribution in [0.3, 0.4) is 0 Å². The number of nitrogens with one attached hydrogen (secondary N) is 1. The Morgan fingerprint density at radius 1 is 1.35 bits per heavy atom. The minimum atomic E-state index is -0.407. The molecule has 0 aliphatic carbocycles. The second-order valence-electron chi connectivity index (χ2n) is 5.85. The molecule has 1 aromatic carbocycles. The van der Waals surface area contributed by atoms with E-state index in [-0.39, 0.29) is 12.5 Å². The highest BCUT2D eigenvalue weighted by atomic mass is 35.5. The monoisotopic (exact) mass is 333 g/mol. The molecule has 7 heteroatoms. The van der Waals surface area contributed by atoms with Gasteiger partial charge in [0.25, 0.3) is 0 Å². The summed E-state index contributed by atoms with van der Waals surface area (Å²) in [6.45, 7) is 2.09. The molecule has 4 rings (SSSR count). The summed E-state index contributed by atoms with van der Waals surface area (Å²) in [5.74, 6) is -0.0501. The third kappa shape index (κ3) is 2.43. The second-order valence-corrected chi connectivity index (χ2v) is 6.25. The van der Waals surface area contributed by atoms with Gasteiger partial charge in [-0.05, 0) is 6.07 Å². The molecule has 1 saturated heterocycles. The molecule has 120 valence electrons. The first-order chi connectivity index (χ1) is 11.1. The van der Waals surface area contributed by atoms with E-state index in [9.17, 15) is 9.59 Å². The Hall–Kier alpha value is -2.21. The summed E-state index contributed by atoms with van der Waals surface area (Å²) >= 11 is 6.24. The highest BCUT2D eigenvalue weighted by Gasteiger charge is 2.29. The molecule has 1 fully saturated rings. The lowest BCUT2D eigenvalue weighted by Crippen LogP contribution is -2.42. The highest BCUT2D eigenvalue weighted by Crippen LogP contribution is 2.31. The first-order valence-electron chi connectivity index (χ1n) is 7.61. The third-order valence-corrected chi connectivity index (χ3v) is 4.80. The maximum atomic E-state index is 12.5. The van der Waals surface area contributed by atoms with Crippen LogP contribution >= 0.6 is 11.6 Å². The Labute approximate surface area is 137 Å². The van der Waals surface area contributed by atoms with Gasteiger partial charge in [-0.15, -0.1) is 0 Å². The van der Waals surface area contributed by atoms with Crippen molar-refractivity contribution < 1.29 is 14.3 Å². The number of aromatic amines is 1. The summed E-state index contributed by atoms with van der Waals surface area (Å²) in [5, 5.41) is 1.75. The number of ether oxygens (including phenoxy) is 1. The van der Waals surface area contributed by atoms with E-state index in [1.807, 2.05) is 18.2 Å². The fourth-order valence-corrected chi connectivity index (χ4v) is 3.47. The van der Waals surface area contributed by atoms with Crippen LogP contribution in [0.25, 0.3) is 10.9 Å². The van der Waals surface area contributed by atoms with Gasteiger partial charge >= 0.3 is 6.09 Å². The van der Waals surface area contributed by atoms with Crippen molar-refractivity contribution >= 4 is 34.5 Å². The number of carbonyl (C=O) groups excluding carboxylic acids is 2. The summed E-state index contributed by atoms with van der Waals surface area (Å²) in [5.41, 5.74) is 3.18. The van der Waals surface area contributed by atoms with Crippen molar-refractivity contribution in [3.05, 3.63) is 34.5 Å². The zero-order chi connectivity index (χ0) is 16.0. The molecule has 2 aliphatic rings. The molecular formula is C16H16ClN3O3. The molecule has 1 aromatic heterocycles. The molecule has 23 heavy (non-hydrogen) atoms. The van der Waals surface area contributed by atoms with Gasteiger partial charge in [-0.3, -0.25) is 9.69 Å². The zero-order valence-corrected chi connectivity index (χ0v) is 13.2. The van der Waals surface area contributed by atoms with Gasteiger partial charge in [0.1, 0.15) is 13.2 Å². The fraction of sp³-hybridized carbons (Fsp3) is 0.375. The van der Waals surface area contributed by atoms with Crippen molar-refractivity contribution in [1.29, 1.82) is 0 Å². The largest absolute Gasteiger partial charge is 0.448 e. The number of halogens is 1. The van der Waals surface area contributed by atoms with Crippen LogP contribution in [-0.4, -0.2) is 53.0 Å². The van der Waals surface area contributed by atoms with Gasteiger partial charge in [-0.2, -0.15) is 0 Å². The van der Waals surface area contributed by atoms with Gasteiger partial charge in [0.15, 0.2) is 0 Å². The van der Waals surface area contributed by atoms with E-state index in [1.165, 1.54) is 4.90 Å². The van der Waals surface area contributed by atoms with Crippen LogP contribution < -0.4 is 0 Å². The predicted octanol–water partition coefficient (Wildman–Crippen LogP) is 2.16. The van der Waals surface area contributed by atoms with Crippen LogP contribution in [0.5, 0.6) is 0 Å². The first-order valence-corrected chi connectivity index (χ1v) is 7.98. The summed E-state index contributed by atoms with van der Waals surface area (Å²) in [4.78, 5) is 30.6. The average molecular weight is 334 g/mol. The Bertz CT molecular complexity index is 801. The lowest BCUT2D eigenvalue weighted by atomic mass is 10.0. The molecule has 2 aliphatic heterocycles. The van der Waals surface area contributed by atoms with E-state index >= 15 is 0 Å². The number of hydrogen-bond donors (Lipinski definition) is 1. The second kappa shape index (κ2) is 5.45. The van der Waals surface area contributed by atoms with Crippen molar-refractivity contribution in [1.82, 2.24) is 14.8 Å². The van der Waals surface area contributed by atoms with Crippen LogP contribution in [0.15, 0.2) is 18.2 Å². The standard InChI is InChI=1S/C16H16ClN3O3/c17-12-3-1-2-10-11-8-19(5-4-13(11)18-15(10)12)14(21)9-20-6-7-23-16(20)22/h1-3,18H,4-9H2. The quantitative estimate of drug-likeness (QED) is 0.916. The number of amides is 2. The van der Waals surface area contributed by atoms with Crippen molar-refractivity contribution in [2.75, 3.05) is 26.2 Å². The number of aromatic nitrogens is 1. The van der Waals surface area contributed by atoms with E-state index in [0.717, 1.165) is 28.6 Å². The van der Waals surface area contributed by atoms with Gasteiger partial charge in [-0.1, -0.05) is 23.7 Å². The van der Waals surface area contributed by atoms with Crippen molar-refractivity contribution in [2.24, 2.45) is 0 Å². The normalized spacial score (nSPS) is 17.5. The Morgan fingerprint density at radius 3 is 3.00 bits per heavy atom. The number of fused-ring (bicyclic) bond motifs is 3. The average Bonchev–Trinajstić information content (AvgIpc) is 3.12. The highest BCUT2D eigenvalue weighted by molar-refractivity contribution is 6.35. The smallest absolute Gasteiger partial charge is 0.410 e. The van der Waals surface area contributed by atoms with Crippen LogP contribution in [0.1, 0.15) is 11.3 Å². The van der Waals surface area contributed by atoms with E-state index < -0.39 is 6.09 Å². The fourth-order valence-electron chi connectivity index (χ4n) is 3.25. The molecule has 0 saturated carbocycles. The van der Waals surface area contributed by atoms with Gasteiger partial charge in [0.2, 0.25) is 5.91 Å². The minimum Gasteiger partial charge on any atom is -0.448 e. The van der Waals surface area contributed by atoms with Crippen LogP contribution in [-0.2, 0) is 22.5 Å². The Balaban J connectivity index is 1.56. The molecule has 0 radical (unpaired) electrons. The maximum absolute atomic E-state index is 12.5. The zero-order valence-electron chi connectivity index (χ0n) is 12.5. The van der Waals surface area contributed by atoms with E-state index in [1.54, 1.807) is 4.90 Å². The van der Waals surface area contributed by atoms with Gasteiger partial charge in [0, 0.05) is 36.2 Å². The van der Waals surface area contributed by atoms with Gasteiger partial charge in [-0.25, -0.2) is 4.79 Å². The van der Waals surface area contributed by atoms with Gasteiger partial charge in [0.05, 0.1) is 17.1 Å². The molecule has 0 atom stereocenters. The molecule has 3 heterocycles. The summed E-state index contributed by atoms with van der Waals surface area (Å²) in [6.07, 6.45) is 0.353. The predicted molar refractivity (Wildman–Crippen MR) is 85.4 cm³/mol. The number of cyclic esters (lactones) is 1. The molecule has 1 N–H and O–H groups in total. The SMILES string of the molecule is O=C(CN1CCOC1=O)N1CCc2[nH]c3c(Cl)cccc3c2C1. The van der Waals surface area contributed by atoms with Crippen LogP contribution in [0.2, 0.25) is 5.02 Å². The van der Waals surface area contributed by atoms with Crippen LogP contribution in [0, 0.1) is 0 Å². The van der Waals surface area contributed by atoms with Crippen molar-refractivity contribution in [3.8, 4) is 0 Å². The number of para-hydroxylation sites is 1. The molecule has 2 amide bonds. The Kier molecular flexibility index (Phi) is 3.41. The summed E-state index contributed by atoms with van der Waals surface area (Å²) < 4.78 is 4.86. The molecule has 6 nitrogen and oxygen atoms in total. The van der Waals surface area contributed by atoms with E-state index in [4.69, 9.17) is 16.3 Å². The summed E-state index contributed by atoms with van der Waals surface area (Å²) in [6, 6.07) is 5.79.